The minimum absolute atomic E-state index is 0.148. The summed E-state index contributed by atoms with van der Waals surface area (Å²) in [5, 5.41) is -0.258. The van der Waals surface area contributed by atoms with E-state index >= 15 is 0 Å². The third-order valence-electron chi connectivity index (χ3n) is 3.86. The van der Waals surface area contributed by atoms with Crippen LogP contribution >= 0.6 is 11.6 Å². The third-order valence-corrected chi connectivity index (χ3v) is 4.23. The topological polar surface area (TPSA) is 26.3 Å². The minimum atomic E-state index is -0.576. The van der Waals surface area contributed by atoms with Gasteiger partial charge in [-0.05, 0) is 42.7 Å². The van der Waals surface area contributed by atoms with Gasteiger partial charge in [0.15, 0.2) is 0 Å². The Morgan fingerprint density at radius 3 is 2.12 bits per heavy atom. The van der Waals surface area contributed by atoms with Crippen molar-refractivity contribution in [1.29, 1.82) is 0 Å². The summed E-state index contributed by atoms with van der Waals surface area (Å²) in [5.74, 6) is 0.420. The van der Waals surface area contributed by atoms with E-state index in [1.807, 2.05) is 6.92 Å². The van der Waals surface area contributed by atoms with E-state index in [1.165, 1.54) is 0 Å². The standard InChI is InChI=1S/C14H27ClO2/c1-7-13(5,6)14(12(15)16,9-11(3)4)10-17-8-2/h11H,7-10H2,1-6H3. The summed E-state index contributed by atoms with van der Waals surface area (Å²) < 4.78 is 5.54. The smallest absolute Gasteiger partial charge is 0.230 e. The maximum atomic E-state index is 12.0. The first-order valence-electron chi connectivity index (χ1n) is 6.51. The van der Waals surface area contributed by atoms with Gasteiger partial charge in [-0.25, -0.2) is 0 Å². The molecule has 0 aromatic carbocycles. The van der Waals surface area contributed by atoms with E-state index in [1.54, 1.807) is 0 Å². The number of halogens is 1. The lowest BCUT2D eigenvalue weighted by atomic mass is 9.61. The monoisotopic (exact) mass is 262 g/mol. The summed E-state index contributed by atoms with van der Waals surface area (Å²) in [4.78, 5) is 12.0. The van der Waals surface area contributed by atoms with Crippen LogP contribution in [0.3, 0.4) is 0 Å². The van der Waals surface area contributed by atoms with Crippen molar-refractivity contribution in [2.24, 2.45) is 16.7 Å². The molecule has 0 fully saturated rings. The highest BCUT2D eigenvalue weighted by molar-refractivity contribution is 6.64. The Morgan fingerprint density at radius 1 is 1.29 bits per heavy atom. The van der Waals surface area contributed by atoms with Gasteiger partial charge in [0.25, 0.3) is 0 Å². The molecule has 0 aliphatic rings. The largest absolute Gasteiger partial charge is 0.381 e. The Balaban J connectivity index is 5.31. The fourth-order valence-corrected chi connectivity index (χ4v) is 2.63. The lowest BCUT2D eigenvalue weighted by molar-refractivity contribution is -0.136. The predicted molar refractivity (Wildman–Crippen MR) is 73.3 cm³/mol. The van der Waals surface area contributed by atoms with E-state index in [-0.39, 0.29) is 10.7 Å². The molecule has 1 atom stereocenters. The van der Waals surface area contributed by atoms with Crippen molar-refractivity contribution < 1.29 is 9.53 Å². The van der Waals surface area contributed by atoms with Gasteiger partial charge >= 0.3 is 0 Å². The van der Waals surface area contributed by atoms with Crippen LogP contribution in [0.15, 0.2) is 0 Å². The molecule has 0 spiro atoms. The molecule has 0 saturated heterocycles. The van der Waals surface area contributed by atoms with E-state index in [0.717, 1.165) is 12.8 Å². The Kier molecular flexibility index (Phi) is 6.71. The van der Waals surface area contributed by atoms with Gasteiger partial charge in [0, 0.05) is 6.61 Å². The van der Waals surface area contributed by atoms with E-state index in [0.29, 0.717) is 19.1 Å². The highest BCUT2D eigenvalue weighted by Crippen LogP contribution is 2.48. The van der Waals surface area contributed by atoms with Crippen LogP contribution in [0, 0.1) is 16.7 Å². The molecule has 0 amide bonds. The van der Waals surface area contributed by atoms with Gasteiger partial charge in [0.2, 0.25) is 5.24 Å². The molecule has 0 aromatic rings. The zero-order valence-corrected chi connectivity index (χ0v) is 12.9. The van der Waals surface area contributed by atoms with E-state index in [2.05, 4.69) is 34.6 Å². The number of carbonyl (C=O) groups excluding carboxylic acids is 1. The number of hydrogen-bond acceptors (Lipinski definition) is 2. The van der Waals surface area contributed by atoms with Crippen molar-refractivity contribution in [3.63, 3.8) is 0 Å². The Morgan fingerprint density at radius 2 is 1.82 bits per heavy atom. The van der Waals surface area contributed by atoms with Crippen LogP contribution in [-0.4, -0.2) is 18.5 Å². The number of ether oxygens (including phenoxy) is 1. The van der Waals surface area contributed by atoms with Gasteiger partial charge in [-0.3, -0.25) is 4.79 Å². The summed E-state index contributed by atoms with van der Waals surface area (Å²) in [6.07, 6.45) is 1.68. The average molecular weight is 263 g/mol. The maximum absolute atomic E-state index is 12.0. The second kappa shape index (κ2) is 6.75. The van der Waals surface area contributed by atoms with Crippen molar-refractivity contribution in [1.82, 2.24) is 0 Å². The van der Waals surface area contributed by atoms with Gasteiger partial charge < -0.3 is 4.74 Å². The highest BCUT2D eigenvalue weighted by Gasteiger charge is 2.49. The van der Waals surface area contributed by atoms with E-state index in [9.17, 15) is 4.79 Å². The fourth-order valence-electron chi connectivity index (χ4n) is 2.25. The Bertz CT molecular complexity index is 249. The summed E-state index contributed by atoms with van der Waals surface area (Å²) in [6.45, 7) is 13.5. The van der Waals surface area contributed by atoms with E-state index < -0.39 is 5.41 Å². The molecule has 0 rings (SSSR count). The Hall–Kier alpha value is -0.0800. The van der Waals surface area contributed by atoms with Gasteiger partial charge in [-0.2, -0.15) is 0 Å². The van der Waals surface area contributed by atoms with E-state index in [4.69, 9.17) is 16.3 Å². The van der Waals surface area contributed by atoms with Crippen molar-refractivity contribution in [3.05, 3.63) is 0 Å². The van der Waals surface area contributed by atoms with Crippen LogP contribution in [0.2, 0.25) is 0 Å². The highest BCUT2D eigenvalue weighted by atomic mass is 35.5. The summed E-state index contributed by atoms with van der Waals surface area (Å²) in [5.41, 5.74) is -0.723. The second-order valence-corrected chi connectivity index (χ2v) is 6.17. The predicted octanol–water partition coefficient (Wildman–Crippen LogP) is 4.26. The number of rotatable bonds is 8. The normalized spacial score (nSPS) is 16.0. The molecule has 0 aliphatic carbocycles. The molecule has 0 bridgehead atoms. The number of carbonyl (C=O) groups is 1. The van der Waals surface area contributed by atoms with Crippen LogP contribution in [0.25, 0.3) is 0 Å². The lowest BCUT2D eigenvalue weighted by Gasteiger charge is -2.44. The molecule has 3 heteroatoms. The van der Waals surface area contributed by atoms with Crippen molar-refractivity contribution in [3.8, 4) is 0 Å². The lowest BCUT2D eigenvalue weighted by Crippen LogP contribution is -2.47. The average Bonchev–Trinajstić information content (AvgIpc) is 2.22. The first kappa shape index (κ1) is 16.9. The Labute approximate surface area is 111 Å². The van der Waals surface area contributed by atoms with Crippen LogP contribution in [0.4, 0.5) is 0 Å². The van der Waals surface area contributed by atoms with Crippen LogP contribution in [0.1, 0.15) is 54.4 Å². The molecule has 2 nitrogen and oxygen atoms in total. The van der Waals surface area contributed by atoms with Gasteiger partial charge in [0.1, 0.15) is 0 Å². The molecule has 0 heterocycles. The summed E-state index contributed by atoms with van der Waals surface area (Å²) >= 11 is 5.92. The molecule has 102 valence electrons. The molecule has 0 saturated carbocycles. The maximum Gasteiger partial charge on any atom is 0.230 e. The molecule has 0 N–H and O–H groups in total. The van der Waals surface area contributed by atoms with Gasteiger partial charge in [-0.15, -0.1) is 0 Å². The summed E-state index contributed by atoms with van der Waals surface area (Å²) in [6, 6.07) is 0. The van der Waals surface area contributed by atoms with Crippen LogP contribution in [0.5, 0.6) is 0 Å². The molecule has 17 heavy (non-hydrogen) atoms. The molecule has 1 unspecified atom stereocenters. The van der Waals surface area contributed by atoms with Crippen molar-refractivity contribution >= 4 is 16.8 Å². The SMILES string of the molecule is CCOCC(CC(C)C)(C(=O)Cl)C(C)(C)CC. The molecule has 0 aliphatic heterocycles. The number of hydrogen-bond donors (Lipinski definition) is 0. The minimum Gasteiger partial charge on any atom is -0.381 e. The zero-order chi connectivity index (χ0) is 13.7. The fraction of sp³-hybridized carbons (Fsp3) is 0.929. The molecule has 0 radical (unpaired) electrons. The summed E-state index contributed by atoms with van der Waals surface area (Å²) in [7, 11) is 0. The van der Waals surface area contributed by atoms with Gasteiger partial charge in [-0.1, -0.05) is 34.6 Å². The third kappa shape index (κ3) is 3.96. The van der Waals surface area contributed by atoms with Crippen LogP contribution in [-0.2, 0) is 9.53 Å². The molecule has 0 aromatic heterocycles. The quantitative estimate of drug-likeness (QED) is 0.611. The van der Waals surface area contributed by atoms with Crippen molar-refractivity contribution in [2.45, 2.75) is 54.4 Å². The molecular weight excluding hydrogens is 236 g/mol. The first-order valence-corrected chi connectivity index (χ1v) is 6.89. The van der Waals surface area contributed by atoms with Crippen molar-refractivity contribution in [2.75, 3.05) is 13.2 Å². The zero-order valence-electron chi connectivity index (χ0n) is 12.1. The van der Waals surface area contributed by atoms with Crippen LogP contribution < -0.4 is 0 Å². The molecular formula is C14H27ClO2. The van der Waals surface area contributed by atoms with Gasteiger partial charge in [0.05, 0.1) is 12.0 Å². The first-order chi connectivity index (χ1) is 7.73. The second-order valence-electron chi connectivity index (χ2n) is 5.83.